The topological polar surface area (TPSA) is 136 Å². The molecule has 3 atom stereocenters. The lowest BCUT2D eigenvalue weighted by Gasteiger charge is -2.40. The van der Waals surface area contributed by atoms with Crippen LogP contribution in [0, 0.1) is 5.41 Å². The van der Waals surface area contributed by atoms with E-state index in [2.05, 4.69) is 12.2 Å². The van der Waals surface area contributed by atoms with Gasteiger partial charge < -0.3 is 21.7 Å². The fourth-order valence-electron chi connectivity index (χ4n) is 4.45. The molecule has 1 saturated carbocycles. The molecule has 0 aromatic heterocycles. The van der Waals surface area contributed by atoms with E-state index in [9.17, 15) is 19.2 Å². The van der Waals surface area contributed by atoms with Gasteiger partial charge in [-0.2, -0.15) is 0 Å². The third-order valence-corrected chi connectivity index (χ3v) is 6.30. The van der Waals surface area contributed by atoms with Crippen LogP contribution in [0.5, 0.6) is 0 Å². The Balaban J connectivity index is 2.07. The molecule has 5 N–H and O–H groups in total. The fourth-order valence-corrected chi connectivity index (χ4v) is 4.45. The highest BCUT2D eigenvalue weighted by atomic mass is 16.2. The van der Waals surface area contributed by atoms with E-state index in [1.54, 1.807) is 4.90 Å². The molecule has 2 rings (SSSR count). The van der Waals surface area contributed by atoms with Crippen LogP contribution in [-0.4, -0.2) is 53.1 Å². The molecular formula is C20H34N4O4. The van der Waals surface area contributed by atoms with Crippen molar-refractivity contribution in [2.24, 2.45) is 16.9 Å². The van der Waals surface area contributed by atoms with Gasteiger partial charge in [-0.25, -0.2) is 0 Å². The number of rotatable bonds is 8. The Bertz CT molecular complexity index is 615. The van der Waals surface area contributed by atoms with Crippen molar-refractivity contribution in [2.75, 3.05) is 6.54 Å². The van der Waals surface area contributed by atoms with Gasteiger partial charge in [0.1, 0.15) is 6.04 Å². The summed E-state index contributed by atoms with van der Waals surface area (Å²) < 4.78 is 0. The molecule has 8 nitrogen and oxygen atoms in total. The summed E-state index contributed by atoms with van der Waals surface area (Å²) in [6.45, 7) is 4.38. The van der Waals surface area contributed by atoms with Gasteiger partial charge in [-0.05, 0) is 37.5 Å². The SMILES string of the molecule is CCCC(NC(=O)[C@@H]1CCCN1C(=O)[C@@H](N)C1(C)CCCCC1)C(=O)C(N)=O. The predicted octanol–water partition coefficient (Wildman–Crippen LogP) is 0.614. The van der Waals surface area contributed by atoms with Gasteiger partial charge in [0, 0.05) is 6.54 Å². The lowest BCUT2D eigenvalue weighted by Crippen LogP contribution is -2.58. The number of primary amides is 1. The number of carbonyl (C=O) groups is 4. The number of carbonyl (C=O) groups excluding carboxylic acids is 4. The summed E-state index contributed by atoms with van der Waals surface area (Å²) >= 11 is 0. The van der Waals surface area contributed by atoms with Gasteiger partial charge in [-0.1, -0.05) is 39.5 Å². The summed E-state index contributed by atoms with van der Waals surface area (Å²) in [6.07, 6.45) is 7.28. The Labute approximate surface area is 166 Å². The second-order valence-corrected chi connectivity index (χ2v) is 8.46. The monoisotopic (exact) mass is 394 g/mol. The Morgan fingerprint density at radius 3 is 2.36 bits per heavy atom. The largest absolute Gasteiger partial charge is 0.363 e. The highest BCUT2D eigenvalue weighted by Gasteiger charge is 2.43. The average molecular weight is 395 g/mol. The van der Waals surface area contributed by atoms with Crippen LogP contribution in [0.2, 0.25) is 0 Å². The minimum Gasteiger partial charge on any atom is -0.363 e. The van der Waals surface area contributed by atoms with Crippen molar-refractivity contribution in [2.45, 2.75) is 89.8 Å². The number of Topliss-reactive ketones (excluding diaryl/α,β-unsaturated/α-hetero) is 1. The first-order valence-electron chi connectivity index (χ1n) is 10.4. The zero-order valence-corrected chi connectivity index (χ0v) is 17.0. The van der Waals surface area contributed by atoms with E-state index in [1.165, 1.54) is 0 Å². The number of likely N-dealkylation sites (tertiary alicyclic amines) is 1. The van der Waals surface area contributed by atoms with Gasteiger partial charge in [-0.15, -0.1) is 0 Å². The summed E-state index contributed by atoms with van der Waals surface area (Å²) in [4.78, 5) is 50.6. The van der Waals surface area contributed by atoms with E-state index in [0.717, 1.165) is 32.1 Å². The molecule has 1 heterocycles. The van der Waals surface area contributed by atoms with Crippen LogP contribution in [0.3, 0.4) is 0 Å². The van der Waals surface area contributed by atoms with Crippen molar-refractivity contribution in [1.82, 2.24) is 10.2 Å². The number of nitrogens with two attached hydrogens (primary N) is 2. The lowest BCUT2D eigenvalue weighted by atomic mass is 9.70. The number of ketones is 1. The Morgan fingerprint density at radius 1 is 1.14 bits per heavy atom. The van der Waals surface area contributed by atoms with Crippen molar-refractivity contribution in [3.63, 3.8) is 0 Å². The standard InChI is InChI=1S/C20H34N4O4/c1-3-8-13(15(25)17(22)26)23-18(27)14-9-7-12-24(14)19(28)16(21)20(2)10-5-4-6-11-20/h13-14,16H,3-12,21H2,1-2H3,(H2,22,26)(H,23,27)/t13?,14-,16+/m0/s1. The summed E-state index contributed by atoms with van der Waals surface area (Å²) in [5, 5.41) is 2.63. The highest BCUT2D eigenvalue weighted by molar-refractivity contribution is 6.37. The predicted molar refractivity (Wildman–Crippen MR) is 105 cm³/mol. The first-order chi connectivity index (χ1) is 13.2. The average Bonchev–Trinajstić information content (AvgIpc) is 3.16. The molecule has 28 heavy (non-hydrogen) atoms. The zero-order chi connectivity index (χ0) is 20.9. The molecule has 1 saturated heterocycles. The maximum atomic E-state index is 13.1. The fraction of sp³-hybridized carbons (Fsp3) is 0.800. The quantitative estimate of drug-likeness (QED) is 0.518. The maximum Gasteiger partial charge on any atom is 0.287 e. The molecule has 0 spiro atoms. The number of amides is 3. The van der Waals surface area contributed by atoms with Crippen molar-refractivity contribution < 1.29 is 19.2 Å². The van der Waals surface area contributed by atoms with Crippen LogP contribution in [0.4, 0.5) is 0 Å². The van der Waals surface area contributed by atoms with Crippen LogP contribution < -0.4 is 16.8 Å². The lowest BCUT2D eigenvalue weighted by molar-refractivity contribution is -0.143. The van der Waals surface area contributed by atoms with Crippen LogP contribution in [0.15, 0.2) is 0 Å². The number of hydrogen-bond acceptors (Lipinski definition) is 5. The molecule has 3 amide bonds. The molecule has 1 aliphatic heterocycles. The van der Waals surface area contributed by atoms with E-state index in [1.807, 2.05) is 6.92 Å². The van der Waals surface area contributed by atoms with Gasteiger partial charge in [0.15, 0.2) is 0 Å². The molecule has 0 radical (unpaired) electrons. The third kappa shape index (κ3) is 4.90. The van der Waals surface area contributed by atoms with Gasteiger partial charge in [0.25, 0.3) is 5.91 Å². The van der Waals surface area contributed by atoms with Crippen LogP contribution in [0.1, 0.15) is 71.6 Å². The van der Waals surface area contributed by atoms with Crippen molar-refractivity contribution in [3.05, 3.63) is 0 Å². The van der Waals surface area contributed by atoms with Crippen molar-refractivity contribution >= 4 is 23.5 Å². The summed E-state index contributed by atoms with van der Waals surface area (Å²) in [7, 11) is 0. The normalized spacial score (nSPS) is 23.7. The number of nitrogens with one attached hydrogen (secondary N) is 1. The minimum absolute atomic E-state index is 0.199. The summed E-state index contributed by atoms with van der Waals surface area (Å²) in [6, 6.07) is -2.25. The van der Waals surface area contributed by atoms with E-state index < -0.39 is 35.7 Å². The minimum atomic E-state index is -1.06. The summed E-state index contributed by atoms with van der Waals surface area (Å²) in [5.74, 6) is -2.49. The van der Waals surface area contributed by atoms with Crippen molar-refractivity contribution in [1.29, 1.82) is 0 Å². The molecule has 1 unspecified atom stereocenters. The first-order valence-corrected chi connectivity index (χ1v) is 10.4. The highest BCUT2D eigenvalue weighted by Crippen LogP contribution is 2.39. The van der Waals surface area contributed by atoms with Gasteiger partial charge >= 0.3 is 0 Å². The van der Waals surface area contributed by atoms with Gasteiger partial charge in [0.05, 0.1) is 12.1 Å². The number of hydrogen-bond donors (Lipinski definition) is 3. The molecule has 2 aliphatic rings. The second kappa shape index (κ2) is 9.49. The molecule has 2 fully saturated rings. The van der Waals surface area contributed by atoms with Crippen LogP contribution >= 0.6 is 0 Å². The zero-order valence-electron chi connectivity index (χ0n) is 17.0. The van der Waals surface area contributed by atoms with Gasteiger partial charge in [0.2, 0.25) is 17.6 Å². The Kier molecular flexibility index (Phi) is 7.57. The van der Waals surface area contributed by atoms with E-state index >= 15 is 0 Å². The molecule has 158 valence electrons. The molecule has 0 aromatic carbocycles. The molecular weight excluding hydrogens is 360 g/mol. The summed E-state index contributed by atoms with van der Waals surface area (Å²) in [5.41, 5.74) is 11.2. The van der Waals surface area contributed by atoms with Gasteiger partial charge in [-0.3, -0.25) is 19.2 Å². The first kappa shape index (κ1) is 22.3. The van der Waals surface area contributed by atoms with E-state index in [4.69, 9.17) is 11.5 Å². The van der Waals surface area contributed by atoms with Crippen LogP contribution in [0.25, 0.3) is 0 Å². The van der Waals surface area contributed by atoms with E-state index in [-0.39, 0.29) is 11.3 Å². The molecule has 8 heteroatoms. The molecule has 0 bridgehead atoms. The molecule has 1 aliphatic carbocycles. The maximum absolute atomic E-state index is 13.1. The Morgan fingerprint density at radius 2 is 1.79 bits per heavy atom. The molecule has 0 aromatic rings. The third-order valence-electron chi connectivity index (χ3n) is 6.30. The second-order valence-electron chi connectivity index (χ2n) is 8.46. The van der Waals surface area contributed by atoms with E-state index in [0.29, 0.717) is 32.2 Å². The Hall–Kier alpha value is -1.96. The smallest absolute Gasteiger partial charge is 0.287 e. The van der Waals surface area contributed by atoms with Crippen LogP contribution in [-0.2, 0) is 19.2 Å². The number of nitrogens with zero attached hydrogens (tertiary/aromatic N) is 1. The van der Waals surface area contributed by atoms with Crippen molar-refractivity contribution in [3.8, 4) is 0 Å².